The first kappa shape index (κ1) is 8.89. The van der Waals surface area contributed by atoms with Gasteiger partial charge in [0.05, 0.1) is 5.38 Å². The molecule has 0 aliphatic carbocycles. The first-order chi connectivity index (χ1) is 5.11. The molecule has 0 N–H and O–H groups in total. The molecule has 0 radical (unpaired) electrons. The Labute approximate surface area is 77.1 Å². The van der Waals surface area contributed by atoms with E-state index >= 15 is 0 Å². The van der Waals surface area contributed by atoms with Crippen molar-refractivity contribution in [1.82, 2.24) is 0 Å². The minimum Gasteiger partial charge on any atom is -0.118 e. The minimum atomic E-state index is 0.0353. The SMILES string of the molecule is Cc1ccc(C(C)Cl)cc1Cl. The van der Waals surface area contributed by atoms with Crippen molar-refractivity contribution in [3.8, 4) is 0 Å². The van der Waals surface area contributed by atoms with E-state index in [0.717, 1.165) is 16.1 Å². The quantitative estimate of drug-likeness (QED) is 0.586. The second-order valence-electron chi connectivity index (χ2n) is 2.62. The Morgan fingerprint density at radius 2 is 2.00 bits per heavy atom. The van der Waals surface area contributed by atoms with Crippen molar-refractivity contribution in [3.63, 3.8) is 0 Å². The summed E-state index contributed by atoms with van der Waals surface area (Å²) in [4.78, 5) is 0. The van der Waals surface area contributed by atoms with E-state index in [1.165, 1.54) is 0 Å². The number of halogens is 2. The first-order valence-corrected chi connectivity index (χ1v) is 4.33. The molecule has 1 rings (SSSR count). The summed E-state index contributed by atoms with van der Waals surface area (Å²) >= 11 is 11.8. The fraction of sp³-hybridized carbons (Fsp3) is 0.333. The van der Waals surface area contributed by atoms with Crippen LogP contribution in [-0.2, 0) is 0 Å². The molecule has 0 amide bonds. The molecule has 0 bridgehead atoms. The third-order valence-corrected chi connectivity index (χ3v) is 2.31. The summed E-state index contributed by atoms with van der Waals surface area (Å²) in [6.07, 6.45) is 0. The van der Waals surface area contributed by atoms with E-state index in [4.69, 9.17) is 23.2 Å². The number of rotatable bonds is 1. The van der Waals surface area contributed by atoms with Gasteiger partial charge in [-0.25, -0.2) is 0 Å². The van der Waals surface area contributed by atoms with Crippen molar-refractivity contribution in [2.45, 2.75) is 19.2 Å². The molecular weight excluding hydrogens is 179 g/mol. The van der Waals surface area contributed by atoms with E-state index in [1.54, 1.807) is 0 Å². The number of alkyl halides is 1. The van der Waals surface area contributed by atoms with Crippen molar-refractivity contribution < 1.29 is 0 Å². The van der Waals surface area contributed by atoms with Crippen LogP contribution in [0.4, 0.5) is 0 Å². The topological polar surface area (TPSA) is 0 Å². The fourth-order valence-corrected chi connectivity index (χ4v) is 1.18. The molecule has 1 aromatic carbocycles. The highest BCUT2D eigenvalue weighted by Crippen LogP contribution is 2.24. The summed E-state index contributed by atoms with van der Waals surface area (Å²) in [5.41, 5.74) is 2.16. The molecule has 0 saturated heterocycles. The Hall–Kier alpha value is -0.200. The summed E-state index contributed by atoms with van der Waals surface area (Å²) in [7, 11) is 0. The summed E-state index contributed by atoms with van der Waals surface area (Å²) < 4.78 is 0. The largest absolute Gasteiger partial charge is 0.118 e. The predicted molar refractivity (Wildman–Crippen MR) is 50.5 cm³/mol. The van der Waals surface area contributed by atoms with Crippen molar-refractivity contribution in [3.05, 3.63) is 34.3 Å². The van der Waals surface area contributed by atoms with Crippen molar-refractivity contribution in [2.24, 2.45) is 0 Å². The van der Waals surface area contributed by atoms with Crippen LogP contribution in [0.3, 0.4) is 0 Å². The van der Waals surface area contributed by atoms with Crippen LogP contribution in [0.2, 0.25) is 5.02 Å². The molecule has 0 nitrogen and oxygen atoms in total. The highest BCUT2D eigenvalue weighted by atomic mass is 35.5. The van der Waals surface area contributed by atoms with Gasteiger partial charge in [0.25, 0.3) is 0 Å². The van der Waals surface area contributed by atoms with E-state index in [2.05, 4.69) is 0 Å². The van der Waals surface area contributed by atoms with E-state index in [1.807, 2.05) is 32.0 Å². The van der Waals surface area contributed by atoms with Gasteiger partial charge in [-0.3, -0.25) is 0 Å². The second-order valence-corrected chi connectivity index (χ2v) is 3.69. The Morgan fingerprint density at radius 1 is 1.36 bits per heavy atom. The van der Waals surface area contributed by atoms with E-state index in [9.17, 15) is 0 Å². The van der Waals surface area contributed by atoms with Crippen LogP contribution in [0.25, 0.3) is 0 Å². The number of benzene rings is 1. The van der Waals surface area contributed by atoms with Gasteiger partial charge in [0.1, 0.15) is 0 Å². The van der Waals surface area contributed by atoms with E-state index in [-0.39, 0.29) is 5.38 Å². The van der Waals surface area contributed by atoms with Gasteiger partial charge in [-0.05, 0) is 31.0 Å². The zero-order valence-corrected chi connectivity index (χ0v) is 8.08. The zero-order chi connectivity index (χ0) is 8.43. The Kier molecular flexibility index (Phi) is 2.80. The van der Waals surface area contributed by atoms with Crippen LogP contribution in [-0.4, -0.2) is 0 Å². The lowest BCUT2D eigenvalue weighted by atomic mass is 10.1. The van der Waals surface area contributed by atoms with Gasteiger partial charge in [-0.1, -0.05) is 23.7 Å². The maximum atomic E-state index is 5.90. The monoisotopic (exact) mass is 188 g/mol. The summed E-state index contributed by atoms with van der Waals surface area (Å²) in [6.45, 7) is 3.91. The maximum absolute atomic E-state index is 5.90. The molecule has 11 heavy (non-hydrogen) atoms. The molecule has 0 aliphatic heterocycles. The Balaban J connectivity index is 3.05. The van der Waals surface area contributed by atoms with Gasteiger partial charge in [0.15, 0.2) is 0 Å². The Morgan fingerprint density at radius 3 is 2.45 bits per heavy atom. The molecular formula is C9H10Cl2. The first-order valence-electron chi connectivity index (χ1n) is 3.51. The van der Waals surface area contributed by atoms with Gasteiger partial charge in [0, 0.05) is 5.02 Å². The van der Waals surface area contributed by atoms with Crippen LogP contribution < -0.4 is 0 Å². The third-order valence-electron chi connectivity index (χ3n) is 1.66. The molecule has 0 fully saturated rings. The number of hydrogen-bond donors (Lipinski definition) is 0. The molecule has 0 aliphatic rings. The van der Waals surface area contributed by atoms with Crippen LogP contribution >= 0.6 is 23.2 Å². The standard InChI is InChI=1S/C9H10Cl2/c1-6-3-4-8(7(2)10)5-9(6)11/h3-5,7H,1-2H3. The van der Waals surface area contributed by atoms with Gasteiger partial charge >= 0.3 is 0 Å². The van der Waals surface area contributed by atoms with Gasteiger partial charge in [-0.2, -0.15) is 0 Å². The molecule has 0 saturated carbocycles. The van der Waals surface area contributed by atoms with Crippen molar-refractivity contribution in [1.29, 1.82) is 0 Å². The van der Waals surface area contributed by atoms with Crippen LogP contribution in [0, 0.1) is 6.92 Å². The van der Waals surface area contributed by atoms with Gasteiger partial charge in [-0.15, -0.1) is 11.6 Å². The second kappa shape index (κ2) is 3.46. The van der Waals surface area contributed by atoms with Crippen LogP contribution in [0.5, 0.6) is 0 Å². The van der Waals surface area contributed by atoms with Gasteiger partial charge < -0.3 is 0 Å². The summed E-state index contributed by atoms with van der Waals surface area (Å²) in [5, 5.41) is 0.822. The lowest BCUT2D eigenvalue weighted by molar-refractivity contribution is 1.08. The summed E-state index contributed by atoms with van der Waals surface area (Å²) in [5.74, 6) is 0. The van der Waals surface area contributed by atoms with E-state index in [0.29, 0.717) is 0 Å². The molecule has 0 spiro atoms. The third kappa shape index (κ3) is 2.11. The number of aryl methyl sites for hydroxylation is 1. The smallest absolute Gasteiger partial charge is 0.0557 e. The minimum absolute atomic E-state index is 0.0353. The molecule has 1 atom stereocenters. The molecule has 1 aromatic rings. The lowest BCUT2D eigenvalue weighted by Crippen LogP contribution is -1.84. The average molecular weight is 189 g/mol. The molecule has 2 heteroatoms. The molecule has 1 unspecified atom stereocenters. The highest BCUT2D eigenvalue weighted by Gasteiger charge is 2.02. The van der Waals surface area contributed by atoms with Gasteiger partial charge in [0.2, 0.25) is 0 Å². The van der Waals surface area contributed by atoms with Crippen LogP contribution in [0.1, 0.15) is 23.4 Å². The lowest BCUT2D eigenvalue weighted by Gasteiger charge is -2.04. The maximum Gasteiger partial charge on any atom is 0.0557 e. The molecule has 0 heterocycles. The Bertz CT molecular complexity index is 254. The zero-order valence-electron chi connectivity index (χ0n) is 6.57. The molecule has 0 aromatic heterocycles. The van der Waals surface area contributed by atoms with Crippen molar-refractivity contribution in [2.75, 3.05) is 0 Å². The van der Waals surface area contributed by atoms with Crippen molar-refractivity contribution >= 4 is 23.2 Å². The fourth-order valence-electron chi connectivity index (χ4n) is 0.857. The predicted octanol–water partition coefficient (Wildman–Crippen LogP) is 3.95. The average Bonchev–Trinajstić information content (AvgIpc) is 1.94. The molecule has 60 valence electrons. The van der Waals surface area contributed by atoms with Crippen LogP contribution in [0.15, 0.2) is 18.2 Å². The normalized spacial score (nSPS) is 13.1. The number of hydrogen-bond acceptors (Lipinski definition) is 0. The van der Waals surface area contributed by atoms with E-state index < -0.39 is 0 Å². The highest BCUT2D eigenvalue weighted by molar-refractivity contribution is 6.31. The summed E-state index contributed by atoms with van der Waals surface area (Å²) in [6, 6.07) is 5.89.